The number of benzene rings is 2. The number of hydrogen-bond acceptors (Lipinski definition) is 7. The van der Waals surface area contributed by atoms with E-state index in [9.17, 15) is 23.1 Å². The Morgan fingerprint density at radius 3 is 2.57 bits per heavy atom. The van der Waals surface area contributed by atoms with Crippen LogP contribution in [-0.4, -0.2) is 62.4 Å². The summed E-state index contributed by atoms with van der Waals surface area (Å²) in [7, 11) is 0. The highest BCUT2D eigenvalue weighted by atomic mass is 19.1. The summed E-state index contributed by atoms with van der Waals surface area (Å²) >= 11 is 0. The van der Waals surface area contributed by atoms with Crippen molar-refractivity contribution >= 4 is 17.0 Å². The summed E-state index contributed by atoms with van der Waals surface area (Å²) < 4.78 is 60.9. The van der Waals surface area contributed by atoms with Crippen LogP contribution in [0.25, 0.3) is 11.0 Å². The number of imidazole rings is 1. The van der Waals surface area contributed by atoms with Gasteiger partial charge < -0.3 is 23.9 Å². The summed E-state index contributed by atoms with van der Waals surface area (Å²) in [6.07, 6.45) is 3.92. The first-order valence-electron chi connectivity index (χ1n) is 13.8. The van der Waals surface area contributed by atoms with Gasteiger partial charge in [0.1, 0.15) is 35.6 Å². The Kier molecular flexibility index (Phi) is 7.98. The number of ether oxygens (including phenoxy) is 3. The van der Waals surface area contributed by atoms with Gasteiger partial charge in [-0.1, -0.05) is 0 Å². The molecule has 2 aromatic carbocycles. The van der Waals surface area contributed by atoms with Gasteiger partial charge in [-0.2, -0.15) is 0 Å². The maximum atomic E-state index is 14.8. The van der Waals surface area contributed by atoms with Gasteiger partial charge in [0.05, 0.1) is 36.0 Å². The molecule has 2 aliphatic rings. The molecule has 42 heavy (non-hydrogen) atoms. The van der Waals surface area contributed by atoms with E-state index in [2.05, 4.69) is 14.9 Å². The fourth-order valence-corrected chi connectivity index (χ4v) is 5.24. The van der Waals surface area contributed by atoms with E-state index in [0.29, 0.717) is 42.5 Å². The Bertz CT molecular complexity index is 1600. The van der Waals surface area contributed by atoms with Crippen LogP contribution in [-0.2, 0) is 24.4 Å². The number of halogens is 3. The van der Waals surface area contributed by atoms with Crippen LogP contribution >= 0.6 is 0 Å². The summed E-state index contributed by atoms with van der Waals surface area (Å²) in [5, 5.41) is 9.43. The largest absolute Gasteiger partial charge is 0.490 e. The van der Waals surface area contributed by atoms with Crippen molar-refractivity contribution in [3.05, 3.63) is 83.2 Å². The van der Waals surface area contributed by atoms with Crippen molar-refractivity contribution in [2.24, 2.45) is 0 Å². The number of carboxylic acids is 1. The number of rotatable bonds is 10. The minimum atomic E-state index is -1.19. The lowest BCUT2D eigenvalue weighted by Crippen LogP contribution is -2.39. The molecule has 2 aliphatic heterocycles. The zero-order valence-corrected chi connectivity index (χ0v) is 22.6. The van der Waals surface area contributed by atoms with Crippen molar-refractivity contribution in [1.29, 1.82) is 0 Å². The predicted molar refractivity (Wildman–Crippen MR) is 145 cm³/mol. The molecule has 0 radical (unpaired) electrons. The SMILES string of the molecule is O=C(O)c1cc(F)c2nc(CN3CCC(Oc4ccnc(COc5ccc(F)cc5F)c4)CC3)n(CC3CCO3)c2c1. The second-order valence-electron chi connectivity index (χ2n) is 10.5. The van der Waals surface area contributed by atoms with Crippen molar-refractivity contribution in [3.63, 3.8) is 0 Å². The molecule has 4 aromatic rings. The average Bonchev–Trinajstić information content (AvgIpc) is 3.28. The van der Waals surface area contributed by atoms with Crippen LogP contribution in [0.5, 0.6) is 11.5 Å². The average molecular weight is 583 g/mol. The molecule has 2 fully saturated rings. The molecule has 6 rings (SSSR count). The third-order valence-corrected chi connectivity index (χ3v) is 7.57. The summed E-state index contributed by atoms with van der Waals surface area (Å²) in [5.74, 6) is -2.08. The second-order valence-corrected chi connectivity index (χ2v) is 10.5. The molecule has 0 amide bonds. The molecule has 2 saturated heterocycles. The summed E-state index contributed by atoms with van der Waals surface area (Å²) in [6.45, 7) is 3.08. The quantitative estimate of drug-likeness (QED) is 0.280. The van der Waals surface area contributed by atoms with Crippen LogP contribution in [0.4, 0.5) is 13.2 Å². The molecule has 220 valence electrons. The summed E-state index contributed by atoms with van der Waals surface area (Å²) in [6, 6.07) is 9.09. The highest BCUT2D eigenvalue weighted by Crippen LogP contribution is 2.27. The Labute approximate surface area is 239 Å². The van der Waals surface area contributed by atoms with E-state index >= 15 is 0 Å². The Hall–Kier alpha value is -4.16. The molecule has 1 atom stereocenters. The van der Waals surface area contributed by atoms with Gasteiger partial charge in [-0.3, -0.25) is 9.88 Å². The molecular formula is C30H29F3N4O5. The predicted octanol–water partition coefficient (Wildman–Crippen LogP) is 4.96. The van der Waals surface area contributed by atoms with Gasteiger partial charge in [-0.05, 0) is 49.6 Å². The van der Waals surface area contributed by atoms with Gasteiger partial charge in [0.25, 0.3) is 0 Å². The summed E-state index contributed by atoms with van der Waals surface area (Å²) in [4.78, 5) is 22.6. The molecule has 1 N–H and O–H groups in total. The molecule has 1 unspecified atom stereocenters. The number of aromatic nitrogens is 3. The number of nitrogens with zero attached hydrogens (tertiary/aromatic N) is 4. The normalized spacial score (nSPS) is 17.7. The van der Waals surface area contributed by atoms with Crippen molar-refractivity contribution in [1.82, 2.24) is 19.4 Å². The van der Waals surface area contributed by atoms with Crippen molar-refractivity contribution in [2.45, 2.75) is 51.2 Å². The third kappa shape index (κ3) is 6.19. The maximum absolute atomic E-state index is 14.8. The maximum Gasteiger partial charge on any atom is 0.335 e. The van der Waals surface area contributed by atoms with Gasteiger partial charge in [-0.15, -0.1) is 0 Å². The highest BCUT2D eigenvalue weighted by molar-refractivity contribution is 5.92. The molecule has 2 aromatic heterocycles. The number of fused-ring (bicyclic) bond motifs is 1. The summed E-state index contributed by atoms with van der Waals surface area (Å²) in [5.41, 5.74) is 1.04. The van der Waals surface area contributed by atoms with Crippen LogP contribution in [0.1, 0.15) is 41.1 Å². The molecular weight excluding hydrogens is 553 g/mol. The molecule has 0 bridgehead atoms. The lowest BCUT2D eigenvalue weighted by Gasteiger charge is -2.32. The molecule has 0 spiro atoms. The van der Waals surface area contributed by atoms with Gasteiger partial charge in [0.2, 0.25) is 0 Å². The third-order valence-electron chi connectivity index (χ3n) is 7.57. The van der Waals surface area contributed by atoms with Crippen LogP contribution in [0.3, 0.4) is 0 Å². The van der Waals surface area contributed by atoms with E-state index in [1.165, 1.54) is 12.1 Å². The van der Waals surface area contributed by atoms with Gasteiger partial charge in [0, 0.05) is 38.0 Å². The Morgan fingerprint density at radius 1 is 1.05 bits per heavy atom. The first kappa shape index (κ1) is 28.0. The Morgan fingerprint density at radius 2 is 1.86 bits per heavy atom. The van der Waals surface area contributed by atoms with Crippen LogP contribution < -0.4 is 9.47 Å². The Balaban J connectivity index is 1.08. The smallest absolute Gasteiger partial charge is 0.335 e. The second kappa shape index (κ2) is 12.0. The number of pyridine rings is 1. The van der Waals surface area contributed by atoms with E-state index in [4.69, 9.17) is 14.2 Å². The fourth-order valence-electron chi connectivity index (χ4n) is 5.24. The molecule has 12 heteroatoms. The lowest BCUT2D eigenvalue weighted by atomic mass is 10.1. The zero-order chi connectivity index (χ0) is 29.2. The molecule has 4 heterocycles. The lowest BCUT2D eigenvalue weighted by molar-refractivity contribution is -0.0592. The van der Waals surface area contributed by atoms with Gasteiger partial charge in [-0.25, -0.2) is 22.9 Å². The fraction of sp³-hybridized carbons (Fsp3) is 0.367. The van der Waals surface area contributed by atoms with Crippen LogP contribution in [0, 0.1) is 17.5 Å². The number of likely N-dealkylation sites (tertiary alicyclic amines) is 1. The van der Waals surface area contributed by atoms with Crippen LogP contribution in [0.15, 0.2) is 48.7 Å². The number of carboxylic acid groups (broad SMARTS) is 1. The van der Waals surface area contributed by atoms with E-state index in [1.807, 2.05) is 4.57 Å². The van der Waals surface area contributed by atoms with Crippen molar-refractivity contribution < 1.29 is 37.3 Å². The van der Waals surface area contributed by atoms with Crippen molar-refractivity contribution in [3.8, 4) is 11.5 Å². The number of hydrogen-bond donors (Lipinski definition) is 1. The standard InChI is InChI=1S/C30H29F3N4O5/c31-19-1-2-27(24(32)13-19)41-17-20-14-22(3-7-34-20)42-21-4-8-36(9-5-21)16-28-35-29-25(33)11-18(30(38)39)12-26(29)37(28)15-23-6-10-40-23/h1-3,7,11-14,21,23H,4-6,8-10,15-17H2,(H,38,39). The minimum absolute atomic E-state index is 0.000350. The van der Waals surface area contributed by atoms with Crippen molar-refractivity contribution in [2.75, 3.05) is 19.7 Å². The number of aromatic carboxylic acids is 1. The molecule has 0 aliphatic carbocycles. The van der Waals surface area contributed by atoms with Gasteiger partial charge in [0.15, 0.2) is 17.4 Å². The number of piperidine rings is 1. The molecule has 0 saturated carbocycles. The van der Waals surface area contributed by atoms with E-state index < -0.39 is 23.4 Å². The topological polar surface area (TPSA) is 98.9 Å². The first-order chi connectivity index (χ1) is 20.3. The van der Waals surface area contributed by atoms with E-state index in [-0.39, 0.29) is 35.6 Å². The van der Waals surface area contributed by atoms with Crippen LogP contribution in [0.2, 0.25) is 0 Å². The first-order valence-corrected chi connectivity index (χ1v) is 13.8. The zero-order valence-electron chi connectivity index (χ0n) is 22.6. The minimum Gasteiger partial charge on any atom is -0.490 e. The molecule has 9 nitrogen and oxygen atoms in total. The highest BCUT2D eigenvalue weighted by Gasteiger charge is 2.27. The monoisotopic (exact) mass is 582 g/mol. The number of carbonyl (C=O) groups is 1. The van der Waals surface area contributed by atoms with E-state index in [1.54, 1.807) is 18.3 Å². The van der Waals surface area contributed by atoms with Gasteiger partial charge >= 0.3 is 5.97 Å². The van der Waals surface area contributed by atoms with E-state index in [0.717, 1.165) is 50.6 Å².